The maximum Gasteiger partial charge on any atom is 0.414 e. The van der Waals surface area contributed by atoms with Gasteiger partial charge in [-0.05, 0) is 42.3 Å². The molecule has 3 amide bonds. The molecule has 3 N–H and O–H groups in total. The van der Waals surface area contributed by atoms with Crippen molar-refractivity contribution in [2.24, 2.45) is 0 Å². The van der Waals surface area contributed by atoms with Crippen molar-refractivity contribution in [3.05, 3.63) is 71.2 Å². The fourth-order valence-electron chi connectivity index (χ4n) is 4.05. The van der Waals surface area contributed by atoms with Gasteiger partial charge in [-0.25, -0.2) is 9.18 Å². The van der Waals surface area contributed by atoms with Crippen molar-refractivity contribution < 1.29 is 33.4 Å². The van der Waals surface area contributed by atoms with Crippen molar-refractivity contribution in [2.75, 3.05) is 25.1 Å². The van der Waals surface area contributed by atoms with Crippen LogP contribution in [0.4, 0.5) is 14.9 Å². The second-order valence-corrected chi connectivity index (χ2v) is 9.00. The minimum Gasteiger partial charge on any atom is -0.493 e. The van der Waals surface area contributed by atoms with Gasteiger partial charge in [0, 0.05) is 30.8 Å². The molecule has 2 heterocycles. The molecule has 1 aromatic heterocycles. The number of aromatic hydroxyl groups is 1. The highest BCUT2D eigenvalue weighted by molar-refractivity contribution is 5.92. The standard InChI is InChI=1S/C28H28FN5O6/c1-16-22(26(37)33-27(32-16)39-3)10-11-25(36)31-13-18-4-9-23(24(29)12-18)19-5-7-20(8-6-19)34-15-21(40-28(34)38)14-30-17(2)35/h4-12,21H,13-15H2,1-3H3,(H,30,35)(H,31,36)(H,32,33,37)/t21-/m0/s1. The lowest BCUT2D eigenvalue weighted by molar-refractivity contribution is -0.119. The second-order valence-electron chi connectivity index (χ2n) is 9.00. The Hall–Kier alpha value is -5.00. The van der Waals surface area contributed by atoms with Gasteiger partial charge in [-0.1, -0.05) is 24.3 Å². The molecule has 40 heavy (non-hydrogen) atoms. The first-order valence-electron chi connectivity index (χ1n) is 12.3. The van der Waals surface area contributed by atoms with Crippen LogP contribution in [0.2, 0.25) is 0 Å². The summed E-state index contributed by atoms with van der Waals surface area (Å²) in [7, 11) is 1.38. The van der Waals surface area contributed by atoms with E-state index in [0.717, 1.165) is 0 Å². The van der Waals surface area contributed by atoms with E-state index in [0.29, 0.717) is 28.1 Å². The van der Waals surface area contributed by atoms with Crippen molar-refractivity contribution in [3.8, 4) is 23.0 Å². The Morgan fingerprint density at radius 1 is 1.20 bits per heavy atom. The lowest BCUT2D eigenvalue weighted by Crippen LogP contribution is -2.33. The fourth-order valence-corrected chi connectivity index (χ4v) is 4.05. The first-order chi connectivity index (χ1) is 19.1. The second kappa shape index (κ2) is 12.2. The summed E-state index contributed by atoms with van der Waals surface area (Å²) in [5.41, 5.74) is 2.83. The van der Waals surface area contributed by atoms with Gasteiger partial charge in [0.15, 0.2) is 0 Å². The highest BCUT2D eigenvalue weighted by atomic mass is 19.1. The summed E-state index contributed by atoms with van der Waals surface area (Å²) in [6, 6.07) is 11.5. The number of methoxy groups -OCH3 is 1. The zero-order chi connectivity index (χ0) is 28.8. The molecule has 12 heteroatoms. The van der Waals surface area contributed by atoms with Crippen LogP contribution in [-0.4, -0.2) is 59.3 Å². The van der Waals surface area contributed by atoms with Crippen molar-refractivity contribution in [1.82, 2.24) is 20.6 Å². The number of benzene rings is 2. The molecule has 1 aliphatic heterocycles. The summed E-state index contributed by atoms with van der Waals surface area (Å²) < 4.78 is 25.1. The van der Waals surface area contributed by atoms with E-state index in [4.69, 9.17) is 9.47 Å². The predicted octanol–water partition coefficient (Wildman–Crippen LogP) is 3.10. The van der Waals surface area contributed by atoms with Gasteiger partial charge < -0.3 is 25.2 Å². The maximum absolute atomic E-state index is 14.9. The average molecular weight is 550 g/mol. The molecule has 208 valence electrons. The van der Waals surface area contributed by atoms with E-state index in [-0.39, 0.29) is 43.0 Å². The van der Waals surface area contributed by atoms with Gasteiger partial charge >= 0.3 is 12.1 Å². The Balaban J connectivity index is 1.35. The van der Waals surface area contributed by atoms with Crippen LogP contribution in [0.15, 0.2) is 48.5 Å². The average Bonchev–Trinajstić information content (AvgIpc) is 3.30. The highest BCUT2D eigenvalue weighted by Crippen LogP contribution is 2.28. The van der Waals surface area contributed by atoms with E-state index >= 15 is 0 Å². The van der Waals surface area contributed by atoms with Crippen LogP contribution in [-0.2, 0) is 20.9 Å². The van der Waals surface area contributed by atoms with E-state index in [1.54, 1.807) is 43.3 Å². The number of cyclic esters (lactones) is 1. The topological polar surface area (TPSA) is 143 Å². The Bertz CT molecular complexity index is 1440. The first kappa shape index (κ1) is 28.0. The predicted molar refractivity (Wildman–Crippen MR) is 144 cm³/mol. The molecule has 1 saturated heterocycles. The van der Waals surface area contributed by atoms with Crippen LogP contribution in [0, 0.1) is 12.7 Å². The number of hydrogen-bond acceptors (Lipinski definition) is 8. The first-order valence-corrected chi connectivity index (χ1v) is 12.3. The lowest BCUT2D eigenvalue weighted by Gasteiger charge is -2.14. The van der Waals surface area contributed by atoms with Gasteiger partial charge in [0.1, 0.15) is 11.9 Å². The summed E-state index contributed by atoms with van der Waals surface area (Å²) in [6.07, 6.45) is 1.64. The van der Waals surface area contributed by atoms with Crippen molar-refractivity contribution in [3.63, 3.8) is 0 Å². The van der Waals surface area contributed by atoms with Gasteiger partial charge in [-0.2, -0.15) is 9.97 Å². The van der Waals surface area contributed by atoms with Gasteiger partial charge in [-0.15, -0.1) is 0 Å². The molecule has 2 aromatic carbocycles. The molecule has 0 bridgehead atoms. The number of rotatable bonds is 9. The molecule has 1 aliphatic rings. The normalized spacial score (nSPS) is 14.8. The molecule has 11 nitrogen and oxygen atoms in total. The summed E-state index contributed by atoms with van der Waals surface area (Å²) in [4.78, 5) is 44.9. The molecule has 1 fully saturated rings. The monoisotopic (exact) mass is 549 g/mol. The Labute approximate surface area is 229 Å². The Morgan fingerprint density at radius 3 is 2.60 bits per heavy atom. The molecule has 0 spiro atoms. The smallest absolute Gasteiger partial charge is 0.414 e. The van der Waals surface area contributed by atoms with Crippen LogP contribution in [0.3, 0.4) is 0 Å². The SMILES string of the molecule is COc1nc(C)c(C=CC(=O)NCc2ccc(-c3ccc(N4C[C@H](CNC(C)=O)OC4=O)cc3)c(F)c2)c(O)n1. The zero-order valence-corrected chi connectivity index (χ0v) is 22.1. The maximum atomic E-state index is 14.9. The van der Waals surface area contributed by atoms with E-state index in [9.17, 15) is 23.9 Å². The number of aryl methyl sites for hydroxylation is 1. The molecule has 1 atom stereocenters. The van der Waals surface area contributed by atoms with E-state index in [2.05, 4.69) is 20.6 Å². The summed E-state index contributed by atoms with van der Waals surface area (Å²) in [6.45, 7) is 3.63. The molecule has 4 rings (SSSR count). The molecule has 3 aromatic rings. The minimum absolute atomic E-state index is 0.0164. The largest absolute Gasteiger partial charge is 0.493 e. The Kier molecular flexibility index (Phi) is 8.57. The van der Waals surface area contributed by atoms with E-state index in [1.807, 2.05) is 0 Å². The number of anilines is 1. The van der Waals surface area contributed by atoms with Gasteiger partial charge in [0.2, 0.25) is 17.7 Å². The molecule has 0 radical (unpaired) electrons. The van der Waals surface area contributed by atoms with Gasteiger partial charge in [0.05, 0.1) is 31.5 Å². The third-order valence-corrected chi connectivity index (χ3v) is 6.12. The highest BCUT2D eigenvalue weighted by Gasteiger charge is 2.32. The molecule has 0 aliphatic carbocycles. The number of nitrogens with zero attached hydrogens (tertiary/aromatic N) is 3. The Morgan fingerprint density at radius 2 is 1.95 bits per heavy atom. The molecule has 0 saturated carbocycles. The van der Waals surface area contributed by atoms with Crippen LogP contribution >= 0.6 is 0 Å². The molecule has 0 unspecified atom stereocenters. The fraction of sp³-hybridized carbons (Fsp3) is 0.250. The van der Waals surface area contributed by atoms with Crippen molar-refractivity contribution in [2.45, 2.75) is 26.5 Å². The number of nitrogens with one attached hydrogen (secondary N) is 2. The van der Waals surface area contributed by atoms with Gasteiger partial charge in [-0.3, -0.25) is 14.5 Å². The molecular weight excluding hydrogens is 521 g/mol. The van der Waals surface area contributed by atoms with Crippen LogP contribution < -0.4 is 20.3 Å². The summed E-state index contributed by atoms with van der Waals surface area (Å²) >= 11 is 0. The van der Waals surface area contributed by atoms with Crippen LogP contribution in [0.5, 0.6) is 11.9 Å². The van der Waals surface area contributed by atoms with Crippen LogP contribution in [0.25, 0.3) is 17.2 Å². The number of halogens is 1. The zero-order valence-electron chi connectivity index (χ0n) is 22.1. The third kappa shape index (κ3) is 6.70. The minimum atomic E-state index is -0.514. The molecular formula is C28H28FN5O6. The van der Waals surface area contributed by atoms with E-state index in [1.165, 1.54) is 37.2 Å². The third-order valence-electron chi connectivity index (χ3n) is 6.12. The lowest BCUT2D eigenvalue weighted by atomic mass is 10.0. The van der Waals surface area contributed by atoms with E-state index < -0.39 is 23.9 Å². The number of carbonyl (C=O) groups is 3. The number of hydrogen-bond donors (Lipinski definition) is 3. The van der Waals surface area contributed by atoms with Crippen molar-refractivity contribution >= 4 is 29.7 Å². The summed E-state index contributed by atoms with van der Waals surface area (Å²) in [5.74, 6) is -1.44. The van der Waals surface area contributed by atoms with Gasteiger partial charge in [0.25, 0.3) is 0 Å². The number of ether oxygens (including phenoxy) is 2. The van der Waals surface area contributed by atoms with Crippen molar-refractivity contribution in [1.29, 1.82) is 0 Å². The number of carbonyl (C=O) groups excluding carboxylic acids is 3. The summed E-state index contributed by atoms with van der Waals surface area (Å²) in [5, 5.41) is 15.3. The number of amides is 3. The number of aromatic nitrogens is 2. The van der Waals surface area contributed by atoms with Crippen LogP contribution in [0.1, 0.15) is 23.7 Å². The quantitative estimate of drug-likeness (QED) is 0.346.